The molecule has 16 heteroatoms. The largest absolute Gasteiger partial charge is 0.741 e. The number of aromatic nitrogens is 2. The van der Waals surface area contributed by atoms with Gasteiger partial charge in [-0.05, 0) is 25.7 Å². The van der Waals surface area contributed by atoms with Crippen LogP contribution in [0.5, 0.6) is 0 Å². The minimum Gasteiger partial charge on any atom is -0.741 e. The molecule has 350 valence electrons. The number of halogens is 6. The van der Waals surface area contributed by atoms with E-state index in [0.29, 0.717) is 0 Å². The van der Waals surface area contributed by atoms with Gasteiger partial charge in [0.15, 0.2) is 44.0 Å². The number of aryl methyl sites for hydroxylation is 4. The average Bonchev–Trinajstić information content (AvgIpc) is 3.17. The SMILES string of the molecule is CCCCCCCCCCCC[n+]1ccccc1CCCCCCCCc1cccc[n+]1CCCCCCCCCCCC.O=S(=O)([O-])C(F)(F)F.O=S(=O)([O-])C(F)(F)F. The molecule has 0 N–H and O–H groups in total. The summed E-state index contributed by atoms with van der Waals surface area (Å²) in [7, 11) is -12.2. The van der Waals surface area contributed by atoms with Crippen molar-refractivity contribution in [3.8, 4) is 0 Å². The molecule has 0 unspecified atom stereocenters. The van der Waals surface area contributed by atoms with Crippen LogP contribution < -0.4 is 9.13 Å². The standard InChI is InChI=1S/C42H74N2.2CHF3O3S/c1-3-5-7-9-11-13-15-19-23-29-37-43-39-31-27-35-41(43)33-25-21-17-18-22-26-34-42-36-28-32-40-44(42)38-30-24-20-16-14-12-10-8-6-4-2;2*2-1(3,4)8(5,6)7/h27-28,31-32,35-36,39-40H,3-26,29-30,33-34,37-38H2,1-2H3;2*(H,5,6,7)/q+2;;/p-2. The summed E-state index contributed by atoms with van der Waals surface area (Å²) >= 11 is 0. The lowest BCUT2D eigenvalue weighted by Crippen LogP contribution is -2.38. The highest BCUT2D eigenvalue weighted by atomic mass is 32.2. The summed E-state index contributed by atoms with van der Waals surface area (Å²) in [5.74, 6) is 0. The highest BCUT2D eigenvalue weighted by molar-refractivity contribution is 7.86. The molecule has 0 aromatic carbocycles. The van der Waals surface area contributed by atoms with E-state index < -0.39 is 31.3 Å². The predicted molar refractivity (Wildman–Crippen MR) is 224 cm³/mol. The van der Waals surface area contributed by atoms with Crippen molar-refractivity contribution >= 4 is 20.2 Å². The fourth-order valence-corrected chi connectivity index (χ4v) is 6.77. The van der Waals surface area contributed by atoms with E-state index in [-0.39, 0.29) is 0 Å². The third-order valence-electron chi connectivity index (χ3n) is 10.3. The van der Waals surface area contributed by atoms with Crippen molar-refractivity contribution in [1.29, 1.82) is 0 Å². The molecule has 60 heavy (non-hydrogen) atoms. The van der Waals surface area contributed by atoms with Crippen LogP contribution in [0, 0.1) is 0 Å². The summed E-state index contributed by atoms with van der Waals surface area (Å²) < 4.78 is 123. The number of pyridine rings is 2. The zero-order valence-corrected chi connectivity index (χ0v) is 37.9. The topological polar surface area (TPSA) is 122 Å². The Morgan fingerprint density at radius 3 is 0.900 bits per heavy atom. The molecule has 0 atom stereocenters. The van der Waals surface area contributed by atoms with Gasteiger partial charge in [-0.2, -0.15) is 26.3 Å². The Labute approximate surface area is 358 Å². The van der Waals surface area contributed by atoms with Crippen LogP contribution in [-0.4, -0.2) is 37.0 Å². The Hall–Kier alpha value is -2.30. The van der Waals surface area contributed by atoms with E-state index in [2.05, 4.69) is 71.8 Å². The minimum atomic E-state index is -6.09. The molecule has 0 saturated heterocycles. The van der Waals surface area contributed by atoms with Crippen molar-refractivity contribution in [2.75, 3.05) is 0 Å². The minimum absolute atomic E-state index is 1.20. The van der Waals surface area contributed by atoms with E-state index >= 15 is 0 Å². The number of hydrogen-bond donors (Lipinski definition) is 0. The van der Waals surface area contributed by atoms with Crippen LogP contribution in [0.4, 0.5) is 26.3 Å². The number of nitrogens with zero attached hydrogens (tertiary/aromatic N) is 2. The second-order valence-electron chi connectivity index (χ2n) is 15.6. The number of hydrogen-bond acceptors (Lipinski definition) is 6. The van der Waals surface area contributed by atoms with Gasteiger partial charge in [0.1, 0.15) is 13.1 Å². The lowest BCUT2D eigenvalue weighted by atomic mass is 10.0. The van der Waals surface area contributed by atoms with Gasteiger partial charge in [-0.1, -0.05) is 154 Å². The van der Waals surface area contributed by atoms with Crippen LogP contribution in [0.15, 0.2) is 48.8 Å². The molecule has 0 aliphatic rings. The number of alkyl halides is 6. The van der Waals surface area contributed by atoms with Crippen LogP contribution in [0.3, 0.4) is 0 Å². The zero-order valence-electron chi connectivity index (χ0n) is 36.3. The summed E-state index contributed by atoms with van der Waals surface area (Å²) in [5, 5.41) is 0. The molecule has 8 nitrogen and oxygen atoms in total. The maximum absolute atomic E-state index is 10.7. The van der Waals surface area contributed by atoms with Gasteiger partial charge >= 0.3 is 11.0 Å². The summed E-state index contributed by atoms with van der Waals surface area (Å²) in [6.45, 7) is 7.01. The first-order chi connectivity index (χ1) is 28.3. The molecule has 0 fully saturated rings. The molecule has 0 amide bonds. The van der Waals surface area contributed by atoms with Crippen LogP contribution in [0.25, 0.3) is 0 Å². The molecule has 0 radical (unpaired) electrons. The second-order valence-corrected chi connectivity index (χ2v) is 18.3. The van der Waals surface area contributed by atoms with Crippen LogP contribution in [-0.2, 0) is 46.2 Å². The van der Waals surface area contributed by atoms with Gasteiger partial charge in [-0.25, -0.2) is 26.0 Å². The van der Waals surface area contributed by atoms with Crippen LogP contribution in [0.2, 0.25) is 0 Å². The highest BCUT2D eigenvalue weighted by Crippen LogP contribution is 2.21. The smallest absolute Gasteiger partial charge is 0.485 e. The van der Waals surface area contributed by atoms with E-state index in [1.165, 1.54) is 193 Å². The van der Waals surface area contributed by atoms with Crippen molar-refractivity contribution in [3.05, 3.63) is 60.2 Å². The summed E-state index contributed by atoms with van der Waals surface area (Å²) in [5.41, 5.74) is -8.21. The average molecular weight is 905 g/mol. The first-order valence-electron chi connectivity index (χ1n) is 22.3. The Morgan fingerprint density at radius 1 is 0.417 bits per heavy atom. The summed E-state index contributed by atoms with van der Waals surface area (Å²) in [6, 6.07) is 13.6. The van der Waals surface area contributed by atoms with Crippen molar-refractivity contribution in [2.45, 2.75) is 218 Å². The molecule has 0 aliphatic carbocycles. The monoisotopic (exact) mass is 904 g/mol. The fourth-order valence-electron chi connectivity index (χ4n) is 6.77. The van der Waals surface area contributed by atoms with E-state index in [9.17, 15) is 26.3 Å². The maximum atomic E-state index is 10.7. The molecule has 0 bridgehead atoms. The van der Waals surface area contributed by atoms with E-state index in [4.69, 9.17) is 25.9 Å². The number of rotatable bonds is 31. The van der Waals surface area contributed by atoms with Gasteiger partial charge in [-0.15, -0.1) is 0 Å². The van der Waals surface area contributed by atoms with Crippen molar-refractivity contribution < 1.29 is 61.4 Å². The number of unbranched alkanes of at least 4 members (excludes halogenated alkanes) is 23. The van der Waals surface area contributed by atoms with E-state index in [0.717, 1.165) is 0 Å². The third-order valence-corrected chi connectivity index (χ3v) is 11.4. The molecular weight excluding hydrogens is 831 g/mol. The van der Waals surface area contributed by atoms with Crippen molar-refractivity contribution in [3.63, 3.8) is 0 Å². The quantitative estimate of drug-likeness (QED) is 0.0244. The van der Waals surface area contributed by atoms with Gasteiger partial charge in [0, 0.05) is 49.9 Å². The van der Waals surface area contributed by atoms with Gasteiger partial charge in [0.2, 0.25) is 0 Å². The summed E-state index contributed by atoms with van der Waals surface area (Å²) in [4.78, 5) is 0. The molecular formula is C44H74F6N2O6S2. The molecule has 0 aliphatic heterocycles. The van der Waals surface area contributed by atoms with E-state index in [1.807, 2.05) is 0 Å². The predicted octanol–water partition coefficient (Wildman–Crippen LogP) is 12.3. The first-order valence-corrected chi connectivity index (χ1v) is 25.2. The van der Waals surface area contributed by atoms with Gasteiger partial charge in [0.25, 0.3) is 0 Å². The van der Waals surface area contributed by atoms with Crippen molar-refractivity contribution in [1.82, 2.24) is 0 Å². The van der Waals surface area contributed by atoms with Gasteiger partial charge in [-0.3, -0.25) is 0 Å². The lowest BCUT2D eigenvalue weighted by Gasteiger charge is -2.08. The fraction of sp³-hybridized carbons (Fsp3) is 0.773. The molecule has 0 spiro atoms. The Balaban J connectivity index is 0.00000182. The summed E-state index contributed by atoms with van der Waals surface area (Å²) in [6.07, 6.45) is 43.5. The molecule has 2 aromatic rings. The zero-order chi connectivity index (χ0) is 45.2. The van der Waals surface area contributed by atoms with Crippen LogP contribution in [0.1, 0.15) is 192 Å². The molecule has 2 rings (SSSR count). The van der Waals surface area contributed by atoms with E-state index in [1.54, 1.807) is 11.4 Å². The van der Waals surface area contributed by atoms with Crippen molar-refractivity contribution in [2.24, 2.45) is 0 Å². The van der Waals surface area contributed by atoms with Gasteiger partial charge < -0.3 is 9.11 Å². The highest BCUT2D eigenvalue weighted by Gasteiger charge is 2.37. The Kier molecular flexibility index (Phi) is 32.9. The first kappa shape index (κ1) is 57.7. The molecule has 0 saturated carbocycles. The van der Waals surface area contributed by atoms with Gasteiger partial charge in [0.05, 0.1) is 0 Å². The molecule has 2 heterocycles. The second kappa shape index (κ2) is 34.2. The van der Waals surface area contributed by atoms with Crippen LogP contribution >= 0.6 is 0 Å². The normalized spacial score (nSPS) is 12.1. The Bertz CT molecular complexity index is 1440. The Morgan fingerprint density at radius 2 is 0.650 bits per heavy atom. The maximum Gasteiger partial charge on any atom is 0.485 e. The lowest BCUT2D eigenvalue weighted by molar-refractivity contribution is -0.704. The molecule has 2 aromatic heterocycles. The third kappa shape index (κ3) is 31.5.